The van der Waals surface area contributed by atoms with Crippen LogP contribution < -0.4 is 10.1 Å². The third kappa shape index (κ3) is 4.92. The van der Waals surface area contributed by atoms with Crippen LogP contribution in [0.2, 0.25) is 0 Å². The van der Waals surface area contributed by atoms with Gasteiger partial charge in [-0.25, -0.2) is 0 Å². The molecule has 2 rings (SSSR count). The van der Waals surface area contributed by atoms with Crippen LogP contribution in [0.3, 0.4) is 0 Å². The minimum atomic E-state index is 0. The minimum Gasteiger partial charge on any atom is -0.508 e. The molecular weight excluding hydrogens is 323 g/mol. The highest BCUT2D eigenvalue weighted by Crippen LogP contribution is 2.42. The molecule has 1 aromatic rings. The Morgan fingerprint density at radius 2 is 1.77 bits per heavy atom. The van der Waals surface area contributed by atoms with Crippen LogP contribution in [0, 0.1) is 5.41 Å². The molecule has 0 aliphatic carbocycles. The summed E-state index contributed by atoms with van der Waals surface area (Å²) in [6.07, 6.45) is 0. The number of hydrogen-bond acceptors (Lipinski definition) is 4. The van der Waals surface area contributed by atoms with E-state index < -0.39 is 0 Å². The normalized spacial score (nSPS) is 17.1. The average Bonchev–Trinajstić information content (AvgIpc) is 2.40. The number of methoxy groups -OCH3 is 1. The summed E-state index contributed by atoms with van der Waals surface area (Å²) in [6.45, 7) is 10.9. The number of benzene rings is 1. The third-order valence-electron chi connectivity index (χ3n) is 3.85. The van der Waals surface area contributed by atoms with Crippen LogP contribution in [0.25, 0.3) is 0 Å². The lowest BCUT2D eigenvalue weighted by atomic mass is 9.80. The van der Waals surface area contributed by atoms with Crippen molar-refractivity contribution in [1.82, 2.24) is 10.2 Å². The van der Waals surface area contributed by atoms with E-state index in [1.807, 2.05) is 6.07 Å². The van der Waals surface area contributed by atoms with Crippen LogP contribution in [-0.2, 0) is 0 Å². The van der Waals surface area contributed by atoms with Crippen molar-refractivity contribution in [3.05, 3.63) is 23.8 Å². The summed E-state index contributed by atoms with van der Waals surface area (Å²) in [5, 5.41) is 13.1. The molecule has 1 aromatic carbocycles. The van der Waals surface area contributed by atoms with Gasteiger partial charge >= 0.3 is 0 Å². The first-order valence-corrected chi connectivity index (χ1v) is 7.25. The van der Waals surface area contributed by atoms with E-state index in [1.165, 1.54) is 0 Å². The van der Waals surface area contributed by atoms with Gasteiger partial charge in [0.25, 0.3) is 0 Å². The number of aromatic hydroxyl groups is 1. The van der Waals surface area contributed by atoms with Crippen molar-refractivity contribution in [1.29, 1.82) is 0 Å². The first kappa shape index (κ1) is 21.3. The summed E-state index contributed by atoms with van der Waals surface area (Å²) in [7, 11) is 1.66. The fourth-order valence-corrected chi connectivity index (χ4v) is 3.08. The van der Waals surface area contributed by atoms with Gasteiger partial charge in [-0.2, -0.15) is 0 Å². The number of piperazine rings is 1. The van der Waals surface area contributed by atoms with Gasteiger partial charge in [0.15, 0.2) is 0 Å². The van der Waals surface area contributed by atoms with Gasteiger partial charge in [-0.3, -0.25) is 4.90 Å². The topological polar surface area (TPSA) is 44.7 Å². The van der Waals surface area contributed by atoms with E-state index in [4.69, 9.17) is 4.74 Å². The zero-order valence-electron chi connectivity index (χ0n) is 13.8. The molecule has 0 spiro atoms. The van der Waals surface area contributed by atoms with Crippen molar-refractivity contribution >= 4 is 24.8 Å². The number of nitrogens with zero attached hydrogens (tertiary/aromatic N) is 1. The Kier molecular flexibility index (Phi) is 8.55. The van der Waals surface area contributed by atoms with Crippen molar-refractivity contribution in [2.24, 2.45) is 5.41 Å². The zero-order chi connectivity index (χ0) is 14.8. The summed E-state index contributed by atoms with van der Waals surface area (Å²) in [6, 6.07) is 5.72. The lowest BCUT2D eigenvalue weighted by molar-refractivity contribution is 0.0841. The predicted octanol–water partition coefficient (Wildman–Crippen LogP) is 3.24. The van der Waals surface area contributed by atoms with Gasteiger partial charge in [0.1, 0.15) is 11.5 Å². The Morgan fingerprint density at radius 3 is 2.27 bits per heavy atom. The molecule has 22 heavy (non-hydrogen) atoms. The molecule has 1 heterocycles. The Morgan fingerprint density at radius 1 is 1.18 bits per heavy atom. The molecule has 1 aliphatic rings. The summed E-state index contributed by atoms with van der Waals surface area (Å²) in [5.41, 5.74) is 1.25. The van der Waals surface area contributed by atoms with E-state index in [1.54, 1.807) is 19.2 Å². The second-order valence-corrected chi connectivity index (χ2v) is 6.48. The first-order chi connectivity index (χ1) is 9.43. The lowest BCUT2D eigenvalue weighted by Gasteiger charge is -2.43. The van der Waals surface area contributed by atoms with E-state index in [0.717, 1.165) is 37.5 Å². The molecule has 2 N–H and O–H groups in total. The first-order valence-electron chi connectivity index (χ1n) is 7.25. The highest BCUT2D eigenvalue weighted by Gasteiger charge is 2.34. The second-order valence-electron chi connectivity index (χ2n) is 6.48. The fraction of sp³-hybridized carbons (Fsp3) is 0.625. The van der Waals surface area contributed by atoms with E-state index in [-0.39, 0.29) is 42.0 Å². The summed E-state index contributed by atoms with van der Waals surface area (Å²) < 4.78 is 5.49. The number of ether oxygens (including phenoxy) is 1. The van der Waals surface area contributed by atoms with Crippen LogP contribution in [0.15, 0.2) is 18.2 Å². The van der Waals surface area contributed by atoms with Crippen LogP contribution in [-0.4, -0.2) is 43.3 Å². The molecule has 0 bridgehead atoms. The molecular formula is C16H28Cl2N2O2. The van der Waals surface area contributed by atoms with Gasteiger partial charge in [0, 0.05) is 43.9 Å². The lowest BCUT2D eigenvalue weighted by Crippen LogP contribution is -2.48. The largest absolute Gasteiger partial charge is 0.508 e. The van der Waals surface area contributed by atoms with E-state index in [0.29, 0.717) is 0 Å². The van der Waals surface area contributed by atoms with Gasteiger partial charge < -0.3 is 15.2 Å². The maximum absolute atomic E-state index is 9.66. The molecule has 128 valence electrons. The predicted molar refractivity (Wildman–Crippen MR) is 95.8 cm³/mol. The summed E-state index contributed by atoms with van der Waals surface area (Å²) in [5.74, 6) is 1.02. The fourth-order valence-electron chi connectivity index (χ4n) is 3.08. The molecule has 1 saturated heterocycles. The number of halogens is 2. The average molecular weight is 351 g/mol. The number of hydrogen-bond donors (Lipinski definition) is 2. The Labute approximate surface area is 146 Å². The Balaban J connectivity index is 0.00000220. The van der Waals surface area contributed by atoms with Crippen molar-refractivity contribution in [2.45, 2.75) is 26.8 Å². The number of phenolic OH excluding ortho intramolecular Hbond substituents is 1. The van der Waals surface area contributed by atoms with Gasteiger partial charge in [-0.15, -0.1) is 24.8 Å². The number of phenols is 1. The minimum absolute atomic E-state index is 0. The molecule has 1 atom stereocenters. The standard InChI is InChI=1S/C16H26N2O2.2ClH/c1-16(2,3)15(18-9-7-17-8-10-18)13-6-5-12(19)11-14(13)20-4;;/h5-6,11,15,17,19H,7-10H2,1-4H3;2*1H/t15-;;/m0../s1. The van der Waals surface area contributed by atoms with Crippen molar-refractivity contribution < 1.29 is 9.84 Å². The van der Waals surface area contributed by atoms with E-state index in [2.05, 4.69) is 31.0 Å². The maximum Gasteiger partial charge on any atom is 0.127 e. The molecule has 1 aliphatic heterocycles. The van der Waals surface area contributed by atoms with Crippen molar-refractivity contribution in [3.8, 4) is 11.5 Å². The SMILES string of the molecule is COc1cc(O)ccc1[C@H](N1CCNCC1)C(C)(C)C.Cl.Cl. The summed E-state index contributed by atoms with van der Waals surface area (Å²) in [4.78, 5) is 2.51. The van der Waals surface area contributed by atoms with Gasteiger partial charge in [0.2, 0.25) is 0 Å². The van der Waals surface area contributed by atoms with Gasteiger partial charge in [-0.1, -0.05) is 26.8 Å². The van der Waals surface area contributed by atoms with Gasteiger partial charge in [0.05, 0.1) is 7.11 Å². The Bertz CT molecular complexity index is 458. The molecule has 4 nitrogen and oxygen atoms in total. The van der Waals surface area contributed by atoms with Crippen molar-refractivity contribution in [2.75, 3.05) is 33.3 Å². The molecule has 1 fully saturated rings. The molecule has 6 heteroatoms. The number of nitrogens with one attached hydrogen (secondary N) is 1. The van der Waals surface area contributed by atoms with Crippen molar-refractivity contribution in [3.63, 3.8) is 0 Å². The number of rotatable bonds is 3. The van der Waals surface area contributed by atoms with Crippen LogP contribution in [0.4, 0.5) is 0 Å². The molecule has 0 unspecified atom stereocenters. The zero-order valence-corrected chi connectivity index (χ0v) is 15.4. The Hall–Kier alpha value is -0.680. The second kappa shape index (κ2) is 8.82. The van der Waals surface area contributed by atoms with Crippen LogP contribution in [0.5, 0.6) is 11.5 Å². The molecule has 0 amide bonds. The van der Waals surface area contributed by atoms with E-state index in [9.17, 15) is 5.11 Å². The van der Waals surface area contributed by atoms with Gasteiger partial charge in [-0.05, 0) is 11.5 Å². The highest BCUT2D eigenvalue weighted by atomic mass is 35.5. The highest BCUT2D eigenvalue weighted by molar-refractivity contribution is 5.85. The van der Waals surface area contributed by atoms with Crippen LogP contribution >= 0.6 is 24.8 Å². The third-order valence-corrected chi connectivity index (χ3v) is 3.85. The monoisotopic (exact) mass is 350 g/mol. The molecule has 0 saturated carbocycles. The quantitative estimate of drug-likeness (QED) is 0.878. The van der Waals surface area contributed by atoms with E-state index >= 15 is 0 Å². The molecule has 0 aromatic heterocycles. The molecule has 0 radical (unpaired) electrons. The van der Waals surface area contributed by atoms with Crippen LogP contribution in [0.1, 0.15) is 32.4 Å². The maximum atomic E-state index is 9.66. The summed E-state index contributed by atoms with van der Waals surface area (Å²) >= 11 is 0. The smallest absolute Gasteiger partial charge is 0.127 e.